The third-order valence-electron chi connectivity index (χ3n) is 3.40. The highest BCUT2D eigenvalue weighted by Crippen LogP contribution is 2.37. The van der Waals surface area contributed by atoms with Crippen molar-refractivity contribution in [1.29, 1.82) is 0 Å². The third-order valence-corrected chi connectivity index (χ3v) is 4.41. The summed E-state index contributed by atoms with van der Waals surface area (Å²) in [6.45, 7) is 0.0465. The maximum atomic E-state index is 9.09. The molecule has 2 nitrogen and oxygen atoms in total. The van der Waals surface area contributed by atoms with Crippen LogP contribution in [0.5, 0.6) is 0 Å². The Morgan fingerprint density at radius 2 is 2.24 bits per heavy atom. The van der Waals surface area contributed by atoms with Crippen LogP contribution in [0.1, 0.15) is 40.6 Å². The predicted molar refractivity (Wildman–Crippen MR) is 69.3 cm³/mol. The van der Waals surface area contributed by atoms with Crippen LogP contribution in [0.2, 0.25) is 0 Å². The van der Waals surface area contributed by atoms with Crippen molar-refractivity contribution < 1.29 is 5.11 Å². The van der Waals surface area contributed by atoms with E-state index in [2.05, 4.69) is 29.2 Å². The van der Waals surface area contributed by atoms with E-state index in [0.29, 0.717) is 5.92 Å². The summed E-state index contributed by atoms with van der Waals surface area (Å²) in [4.78, 5) is 4.52. The number of aliphatic hydroxyl groups excluding tert-OH is 1. The normalized spacial score (nSPS) is 19.0. The minimum absolute atomic E-state index is 0.0465. The second-order valence-corrected chi connectivity index (χ2v) is 5.37. The minimum Gasteiger partial charge on any atom is -0.390 e. The van der Waals surface area contributed by atoms with Gasteiger partial charge in [0.1, 0.15) is 5.01 Å². The Bertz CT molecular complexity index is 520. The molecule has 17 heavy (non-hydrogen) atoms. The summed E-state index contributed by atoms with van der Waals surface area (Å²) in [5, 5.41) is 12.2. The van der Waals surface area contributed by atoms with Crippen LogP contribution in [-0.4, -0.2) is 10.1 Å². The Hall–Kier alpha value is -1.19. The van der Waals surface area contributed by atoms with Gasteiger partial charge in [-0.15, -0.1) is 11.3 Å². The molecule has 0 fully saturated rings. The lowest BCUT2D eigenvalue weighted by molar-refractivity contribution is 0.277. The first-order valence-electron chi connectivity index (χ1n) is 6.01. The van der Waals surface area contributed by atoms with Crippen molar-refractivity contribution >= 4 is 11.3 Å². The molecule has 88 valence electrons. The number of benzene rings is 1. The van der Waals surface area contributed by atoms with Crippen LogP contribution in [0, 0.1) is 0 Å². The van der Waals surface area contributed by atoms with Crippen molar-refractivity contribution in [3.05, 3.63) is 51.5 Å². The van der Waals surface area contributed by atoms with Crippen molar-refractivity contribution in [1.82, 2.24) is 4.98 Å². The Morgan fingerprint density at radius 3 is 3.06 bits per heavy atom. The molecule has 1 atom stereocenters. The predicted octanol–water partition coefficient (Wildman–Crippen LogP) is 3.10. The molecule has 1 aromatic carbocycles. The van der Waals surface area contributed by atoms with Crippen molar-refractivity contribution in [3.63, 3.8) is 0 Å². The van der Waals surface area contributed by atoms with E-state index < -0.39 is 0 Å². The highest BCUT2D eigenvalue weighted by Gasteiger charge is 2.23. The molecule has 0 radical (unpaired) electrons. The molecule has 0 amide bonds. The van der Waals surface area contributed by atoms with Crippen molar-refractivity contribution in [2.45, 2.75) is 31.8 Å². The van der Waals surface area contributed by atoms with Crippen LogP contribution in [0.25, 0.3) is 0 Å². The molecule has 0 saturated heterocycles. The van der Waals surface area contributed by atoms with E-state index in [1.165, 1.54) is 30.4 Å². The number of aliphatic hydroxyl groups is 1. The van der Waals surface area contributed by atoms with E-state index in [0.717, 1.165) is 10.7 Å². The third kappa shape index (κ3) is 2.01. The minimum atomic E-state index is 0.0465. The van der Waals surface area contributed by atoms with E-state index in [1.807, 2.05) is 5.38 Å². The second-order valence-electron chi connectivity index (χ2n) is 4.48. The lowest BCUT2D eigenvalue weighted by Gasteiger charge is -2.23. The van der Waals surface area contributed by atoms with Crippen molar-refractivity contribution in [3.8, 4) is 0 Å². The first-order chi connectivity index (χ1) is 8.38. The van der Waals surface area contributed by atoms with E-state index in [1.54, 1.807) is 11.3 Å². The average Bonchev–Trinajstić information content (AvgIpc) is 2.87. The van der Waals surface area contributed by atoms with Crippen LogP contribution >= 0.6 is 11.3 Å². The zero-order chi connectivity index (χ0) is 11.7. The molecule has 3 rings (SSSR count). The highest BCUT2D eigenvalue weighted by molar-refractivity contribution is 7.09. The summed E-state index contributed by atoms with van der Waals surface area (Å²) >= 11 is 1.67. The Labute approximate surface area is 105 Å². The van der Waals surface area contributed by atoms with E-state index >= 15 is 0 Å². The van der Waals surface area contributed by atoms with Gasteiger partial charge in [-0.05, 0) is 30.4 Å². The molecule has 2 aromatic rings. The first kappa shape index (κ1) is 10.9. The molecule has 1 aliphatic rings. The maximum absolute atomic E-state index is 9.09. The Kier molecular flexibility index (Phi) is 2.95. The van der Waals surface area contributed by atoms with Gasteiger partial charge in [0.25, 0.3) is 0 Å². The topological polar surface area (TPSA) is 33.1 Å². The number of rotatable bonds is 2. The number of nitrogens with zero attached hydrogens (tertiary/aromatic N) is 1. The Morgan fingerprint density at radius 1 is 1.35 bits per heavy atom. The molecular weight excluding hydrogens is 230 g/mol. The van der Waals surface area contributed by atoms with Gasteiger partial charge in [-0.2, -0.15) is 0 Å². The van der Waals surface area contributed by atoms with Gasteiger partial charge in [-0.25, -0.2) is 4.98 Å². The fourth-order valence-electron chi connectivity index (χ4n) is 2.57. The number of aromatic nitrogens is 1. The lowest BCUT2D eigenvalue weighted by atomic mass is 9.83. The SMILES string of the molecule is OCc1csc(C2CCCc3ccccc32)n1. The van der Waals surface area contributed by atoms with E-state index in [-0.39, 0.29) is 6.61 Å². The Balaban J connectivity index is 1.99. The number of fused-ring (bicyclic) bond motifs is 1. The van der Waals surface area contributed by atoms with E-state index in [4.69, 9.17) is 5.11 Å². The molecule has 0 aliphatic heterocycles. The van der Waals surface area contributed by atoms with Crippen molar-refractivity contribution in [2.24, 2.45) is 0 Å². The fourth-order valence-corrected chi connectivity index (χ4v) is 3.53. The standard InChI is InChI=1S/C14H15NOS/c16-8-11-9-17-14(15-11)13-7-3-5-10-4-1-2-6-12(10)13/h1-2,4,6,9,13,16H,3,5,7-8H2. The number of hydrogen-bond acceptors (Lipinski definition) is 3. The van der Waals surface area contributed by atoms with Crippen LogP contribution in [-0.2, 0) is 13.0 Å². The molecule has 1 N–H and O–H groups in total. The van der Waals surface area contributed by atoms with Gasteiger partial charge in [0.05, 0.1) is 12.3 Å². The molecule has 0 bridgehead atoms. The summed E-state index contributed by atoms with van der Waals surface area (Å²) in [5.41, 5.74) is 3.69. The molecule has 1 aromatic heterocycles. The zero-order valence-electron chi connectivity index (χ0n) is 9.60. The van der Waals surface area contributed by atoms with Gasteiger partial charge in [-0.1, -0.05) is 24.3 Å². The zero-order valence-corrected chi connectivity index (χ0v) is 10.4. The molecule has 1 aliphatic carbocycles. The molecule has 3 heteroatoms. The number of hydrogen-bond donors (Lipinski definition) is 1. The lowest BCUT2D eigenvalue weighted by Crippen LogP contribution is -2.10. The summed E-state index contributed by atoms with van der Waals surface area (Å²) in [6, 6.07) is 8.67. The summed E-state index contributed by atoms with van der Waals surface area (Å²) in [7, 11) is 0. The van der Waals surface area contributed by atoms with Crippen LogP contribution in [0.15, 0.2) is 29.6 Å². The van der Waals surface area contributed by atoms with Crippen LogP contribution < -0.4 is 0 Å². The molecule has 1 heterocycles. The van der Waals surface area contributed by atoms with Gasteiger partial charge in [0, 0.05) is 11.3 Å². The largest absolute Gasteiger partial charge is 0.390 e. The van der Waals surface area contributed by atoms with Gasteiger partial charge in [0.2, 0.25) is 0 Å². The molecule has 1 unspecified atom stereocenters. The first-order valence-corrected chi connectivity index (χ1v) is 6.89. The summed E-state index contributed by atoms with van der Waals surface area (Å²) in [6.07, 6.45) is 3.59. The number of aryl methyl sites for hydroxylation is 1. The molecule has 0 spiro atoms. The molecule has 0 saturated carbocycles. The van der Waals surface area contributed by atoms with E-state index in [9.17, 15) is 0 Å². The van der Waals surface area contributed by atoms with Crippen molar-refractivity contribution in [2.75, 3.05) is 0 Å². The fraction of sp³-hybridized carbons (Fsp3) is 0.357. The average molecular weight is 245 g/mol. The highest BCUT2D eigenvalue weighted by atomic mass is 32.1. The maximum Gasteiger partial charge on any atom is 0.100 e. The second kappa shape index (κ2) is 4.59. The van der Waals surface area contributed by atoms with Gasteiger partial charge >= 0.3 is 0 Å². The van der Waals surface area contributed by atoms with Crippen LogP contribution in [0.3, 0.4) is 0 Å². The summed E-state index contributed by atoms with van der Waals surface area (Å²) in [5.74, 6) is 0.435. The quantitative estimate of drug-likeness (QED) is 0.882. The monoisotopic (exact) mass is 245 g/mol. The number of thiazole rings is 1. The summed E-state index contributed by atoms with van der Waals surface area (Å²) < 4.78 is 0. The molecular formula is C14H15NOS. The van der Waals surface area contributed by atoms with Crippen LogP contribution in [0.4, 0.5) is 0 Å². The van der Waals surface area contributed by atoms with Gasteiger partial charge in [0.15, 0.2) is 0 Å². The smallest absolute Gasteiger partial charge is 0.100 e. The van der Waals surface area contributed by atoms with Gasteiger partial charge in [-0.3, -0.25) is 0 Å². The van der Waals surface area contributed by atoms with Gasteiger partial charge < -0.3 is 5.11 Å².